The van der Waals surface area contributed by atoms with Crippen molar-refractivity contribution in [3.63, 3.8) is 0 Å². The SMILES string of the molecule is CCCCCCCCCOC(=O)CCCCCCCN(C)CCCNC. The van der Waals surface area contributed by atoms with E-state index in [4.69, 9.17) is 4.74 Å². The minimum Gasteiger partial charge on any atom is -0.466 e. The molecule has 0 saturated carbocycles. The molecule has 0 unspecified atom stereocenters. The van der Waals surface area contributed by atoms with Crippen LogP contribution >= 0.6 is 0 Å². The summed E-state index contributed by atoms with van der Waals surface area (Å²) in [5.74, 6) is 0.000231. The molecule has 0 rings (SSSR count). The van der Waals surface area contributed by atoms with Gasteiger partial charge in [0, 0.05) is 6.42 Å². The Morgan fingerprint density at radius 3 is 2.08 bits per heavy atom. The fourth-order valence-electron chi connectivity index (χ4n) is 3.14. The first-order valence-corrected chi connectivity index (χ1v) is 11.2. The van der Waals surface area contributed by atoms with Gasteiger partial charge < -0.3 is 15.0 Å². The topological polar surface area (TPSA) is 41.6 Å². The molecule has 0 saturated heterocycles. The van der Waals surface area contributed by atoms with Crippen molar-refractivity contribution >= 4 is 5.97 Å². The number of ether oxygens (including phenoxy) is 1. The van der Waals surface area contributed by atoms with E-state index in [1.165, 1.54) is 77.3 Å². The molecule has 0 aromatic carbocycles. The molecule has 0 aliphatic heterocycles. The summed E-state index contributed by atoms with van der Waals surface area (Å²) in [6.07, 6.45) is 16.5. The fourth-order valence-corrected chi connectivity index (χ4v) is 3.14. The number of unbranched alkanes of at least 4 members (excludes halogenated alkanes) is 10. The zero-order chi connectivity index (χ0) is 19.3. The van der Waals surface area contributed by atoms with E-state index in [1.807, 2.05) is 7.05 Å². The number of carbonyl (C=O) groups is 1. The Hall–Kier alpha value is -0.610. The normalized spacial score (nSPS) is 11.2. The second-order valence-electron chi connectivity index (χ2n) is 7.62. The zero-order valence-electron chi connectivity index (χ0n) is 18.0. The molecule has 0 fully saturated rings. The third-order valence-electron chi connectivity index (χ3n) is 4.90. The van der Waals surface area contributed by atoms with E-state index in [9.17, 15) is 4.79 Å². The van der Waals surface area contributed by atoms with Crippen LogP contribution in [0.2, 0.25) is 0 Å². The molecule has 0 bridgehead atoms. The van der Waals surface area contributed by atoms with Crippen molar-refractivity contribution in [3.05, 3.63) is 0 Å². The quantitative estimate of drug-likeness (QED) is 0.237. The van der Waals surface area contributed by atoms with E-state index in [0.29, 0.717) is 13.0 Å². The predicted octanol–water partition coefficient (Wildman–Crippen LogP) is 5.16. The standard InChI is InChI=1S/C22H46N2O2/c1-4-5-6-7-8-12-15-21-26-22(25)17-13-10-9-11-14-19-24(3)20-16-18-23-2/h23H,4-21H2,1-3H3. The summed E-state index contributed by atoms with van der Waals surface area (Å²) in [4.78, 5) is 14.1. The van der Waals surface area contributed by atoms with Gasteiger partial charge in [0.2, 0.25) is 0 Å². The molecule has 0 aliphatic rings. The first kappa shape index (κ1) is 25.4. The molecule has 4 heteroatoms. The van der Waals surface area contributed by atoms with Gasteiger partial charge in [-0.25, -0.2) is 0 Å². The average Bonchev–Trinajstić information content (AvgIpc) is 2.63. The van der Waals surface area contributed by atoms with Crippen LogP contribution < -0.4 is 5.32 Å². The van der Waals surface area contributed by atoms with Gasteiger partial charge in [0.15, 0.2) is 0 Å². The van der Waals surface area contributed by atoms with Gasteiger partial charge in [-0.2, -0.15) is 0 Å². The van der Waals surface area contributed by atoms with E-state index < -0.39 is 0 Å². The molecule has 0 aliphatic carbocycles. The number of nitrogens with zero attached hydrogens (tertiary/aromatic N) is 1. The Balaban J connectivity index is 3.24. The van der Waals surface area contributed by atoms with E-state index in [-0.39, 0.29) is 5.97 Å². The Morgan fingerprint density at radius 2 is 1.38 bits per heavy atom. The Kier molecular flexibility index (Phi) is 20.2. The molecule has 26 heavy (non-hydrogen) atoms. The Bertz CT molecular complexity index is 298. The van der Waals surface area contributed by atoms with E-state index in [2.05, 4.69) is 24.2 Å². The van der Waals surface area contributed by atoms with Crippen molar-refractivity contribution in [1.29, 1.82) is 0 Å². The smallest absolute Gasteiger partial charge is 0.305 e. The van der Waals surface area contributed by atoms with E-state index in [0.717, 1.165) is 25.8 Å². The Labute approximate surface area is 163 Å². The van der Waals surface area contributed by atoms with Crippen LogP contribution in [0.3, 0.4) is 0 Å². The lowest BCUT2D eigenvalue weighted by Crippen LogP contribution is -2.23. The van der Waals surface area contributed by atoms with Crippen molar-refractivity contribution in [2.24, 2.45) is 0 Å². The molecule has 0 atom stereocenters. The monoisotopic (exact) mass is 370 g/mol. The summed E-state index contributed by atoms with van der Waals surface area (Å²) in [5.41, 5.74) is 0. The number of nitrogens with one attached hydrogen (secondary N) is 1. The number of hydrogen-bond acceptors (Lipinski definition) is 4. The summed E-state index contributed by atoms with van der Waals surface area (Å²) >= 11 is 0. The van der Waals surface area contributed by atoms with Crippen molar-refractivity contribution in [1.82, 2.24) is 10.2 Å². The highest BCUT2D eigenvalue weighted by atomic mass is 16.5. The van der Waals surface area contributed by atoms with Gasteiger partial charge in [-0.3, -0.25) is 4.79 Å². The van der Waals surface area contributed by atoms with Crippen LogP contribution in [-0.2, 0) is 9.53 Å². The lowest BCUT2D eigenvalue weighted by Gasteiger charge is -2.16. The van der Waals surface area contributed by atoms with Crippen molar-refractivity contribution in [3.8, 4) is 0 Å². The third kappa shape index (κ3) is 19.7. The molecule has 156 valence electrons. The molecule has 0 radical (unpaired) electrons. The van der Waals surface area contributed by atoms with E-state index >= 15 is 0 Å². The van der Waals surface area contributed by atoms with Crippen LogP contribution in [0.15, 0.2) is 0 Å². The molecule has 0 spiro atoms. The molecule has 0 amide bonds. The van der Waals surface area contributed by atoms with Crippen LogP contribution in [0.1, 0.15) is 96.8 Å². The van der Waals surface area contributed by atoms with Crippen LogP contribution in [0.25, 0.3) is 0 Å². The van der Waals surface area contributed by atoms with Gasteiger partial charge >= 0.3 is 5.97 Å². The minimum atomic E-state index is 0.000231. The van der Waals surface area contributed by atoms with Crippen LogP contribution in [0, 0.1) is 0 Å². The lowest BCUT2D eigenvalue weighted by molar-refractivity contribution is -0.143. The number of rotatable bonds is 20. The van der Waals surface area contributed by atoms with Gasteiger partial charge in [0.25, 0.3) is 0 Å². The number of esters is 1. The fraction of sp³-hybridized carbons (Fsp3) is 0.955. The van der Waals surface area contributed by atoms with Crippen LogP contribution in [0.5, 0.6) is 0 Å². The van der Waals surface area contributed by atoms with Gasteiger partial charge in [-0.15, -0.1) is 0 Å². The lowest BCUT2D eigenvalue weighted by atomic mass is 10.1. The summed E-state index contributed by atoms with van der Waals surface area (Å²) in [6.45, 7) is 6.31. The first-order valence-electron chi connectivity index (χ1n) is 11.2. The summed E-state index contributed by atoms with van der Waals surface area (Å²) in [5, 5.41) is 3.19. The summed E-state index contributed by atoms with van der Waals surface area (Å²) in [6, 6.07) is 0. The molecule has 0 aromatic heterocycles. The molecular formula is C22H46N2O2. The number of carbonyl (C=O) groups excluding carboxylic acids is 1. The largest absolute Gasteiger partial charge is 0.466 e. The molecular weight excluding hydrogens is 324 g/mol. The Morgan fingerprint density at radius 1 is 0.808 bits per heavy atom. The second kappa shape index (κ2) is 20.7. The number of hydrogen-bond donors (Lipinski definition) is 1. The zero-order valence-corrected chi connectivity index (χ0v) is 18.0. The molecule has 0 heterocycles. The van der Waals surface area contributed by atoms with Gasteiger partial charge in [-0.05, 0) is 59.4 Å². The molecule has 0 aromatic rings. The minimum absolute atomic E-state index is 0.000231. The highest BCUT2D eigenvalue weighted by Gasteiger charge is 2.03. The second-order valence-corrected chi connectivity index (χ2v) is 7.62. The maximum atomic E-state index is 11.7. The van der Waals surface area contributed by atoms with E-state index in [1.54, 1.807) is 0 Å². The maximum absolute atomic E-state index is 11.7. The predicted molar refractivity (Wildman–Crippen MR) is 113 cm³/mol. The van der Waals surface area contributed by atoms with Crippen LogP contribution in [-0.4, -0.2) is 51.2 Å². The highest BCUT2D eigenvalue weighted by Crippen LogP contribution is 2.09. The average molecular weight is 371 g/mol. The van der Waals surface area contributed by atoms with Crippen molar-refractivity contribution in [2.75, 3.05) is 40.3 Å². The van der Waals surface area contributed by atoms with Crippen molar-refractivity contribution in [2.45, 2.75) is 96.8 Å². The third-order valence-corrected chi connectivity index (χ3v) is 4.90. The van der Waals surface area contributed by atoms with Gasteiger partial charge in [-0.1, -0.05) is 64.7 Å². The summed E-state index contributed by atoms with van der Waals surface area (Å²) in [7, 11) is 4.21. The van der Waals surface area contributed by atoms with Crippen molar-refractivity contribution < 1.29 is 9.53 Å². The molecule has 1 N–H and O–H groups in total. The molecule has 4 nitrogen and oxygen atoms in total. The van der Waals surface area contributed by atoms with Gasteiger partial charge in [0.05, 0.1) is 6.61 Å². The first-order chi connectivity index (χ1) is 12.7. The van der Waals surface area contributed by atoms with Gasteiger partial charge in [0.1, 0.15) is 0 Å². The highest BCUT2D eigenvalue weighted by molar-refractivity contribution is 5.69. The summed E-state index contributed by atoms with van der Waals surface area (Å²) < 4.78 is 5.32. The maximum Gasteiger partial charge on any atom is 0.305 e. The van der Waals surface area contributed by atoms with Crippen LogP contribution in [0.4, 0.5) is 0 Å².